The number of halogens is 3. The summed E-state index contributed by atoms with van der Waals surface area (Å²) in [5.74, 6) is -2.39. The van der Waals surface area contributed by atoms with Crippen molar-refractivity contribution in [1.29, 1.82) is 0 Å². The molecule has 2 N–H and O–H groups in total. The minimum absolute atomic E-state index is 0.367. The van der Waals surface area contributed by atoms with Gasteiger partial charge in [-0.3, -0.25) is 9.58 Å². The Hall–Kier alpha value is -2.39. The van der Waals surface area contributed by atoms with Crippen molar-refractivity contribution in [3.8, 4) is 0 Å². The molecular weight excluding hydrogens is 423 g/mol. The monoisotopic (exact) mass is 455 g/mol. The molecule has 0 saturated carbocycles. The molecule has 0 aliphatic carbocycles. The van der Waals surface area contributed by atoms with Crippen LogP contribution in [-0.4, -0.2) is 55.7 Å². The molecular formula is C23H32F3N3O3. The molecule has 3 rings (SSSR count). The molecule has 1 atom stereocenters. The van der Waals surface area contributed by atoms with E-state index in [0.29, 0.717) is 5.92 Å². The lowest BCUT2D eigenvalue weighted by Gasteiger charge is -2.38. The first-order valence-corrected chi connectivity index (χ1v) is 10.6. The number of hydrogen-bond donors (Lipinski definition) is 2. The molecule has 9 heteroatoms. The number of carbonyl (C=O) groups is 1. The zero-order valence-corrected chi connectivity index (χ0v) is 19.0. The highest BCUT2D eigenvalue weighted by atomic mass is 19.4. The van der Waals surface area contributed by atoms with Crippen molar-refractivity contribution in [3.05, 3.63) is 52.8 Å². The van der Waals surface area contributed by atoms with Gasteiger partial charge in [0, 0.05) is 18.8 Å². The maximum absolute atomic E-state index is 10.6. The molecule has 1 aromatic carbocycles. The molecule has 2 heterocycles. The molecule has 6 nitrogen and oxygen atoms in total. The average Bonchev–Trinajstić information content (AvgIpc) is 2.99. The zero-order valence-electron chi connectivity index (χ0n) is 19.0. The third-order valence-electron chi connectivity index (χ3n) is 5.61. The van der Waals surface area contributed by atoms with E-state index < -0.39 is 17.7 Å². The van der Waals surface area contributed by atoms with E-state index in [1.165, 1.54) is 23.2 Å². The number of carboxylic acids is 1. The van der Waals surface area contributed by atoms with E-state index in [0.717, 1.165) is 38.3 Å². The number of aromatic nitrogens is 2. The summed E-state index contributed by atoms with van der Waals surface area (Å²) in [6, 6.07) is 11.0. The van der Waals surface area contributed by atoms with Crippen LogP contribution in [0.25, 0.3) is 0 Å². The maximum atomic E-state index is 10.6. The summed E-state index contributed by atoms with van der Waals surface area (Å²) < 4.78 is 33.8. The van der Waals surface area contributed by atoms with E-state index in [-0.39, 0.29) is 0 Å². The Bertz CT molecular complexity index is 887. The Labute approximate surface area is 186 Å². The first-order chi connectivity index (χ1) is 14.8. The number of likely N-dealkylation sites (tertiary alicyclic amines) is 1. The van der Waals surface area contributed by atoms with Crippen molar-refractivity contribution in [2.24, 2.45) is 5.92 Å². The Balaban J connectivity index is 0.000000451. The first kappa shape index (κ1) is 25.9. The number of hydrogen-bond acceptors (Lipinski definition) is 4. The third-order valence-corrected chi connectivity index (χ3v) is 5.61. The van der Waals surface area contributed by atoms with Crippen molar-refractivity contribution in [1.82, 2.24) is 14.7 Å². The molecule has 178 valence electrons. The Kier molecular flexibility index (Phi) is 8.47. The third kappa shape index (κ3) is 7.94. The minimum Gasteiger partial charge on any atom is -0.475 e. The smallest absolute Gasteiger partial charge is 0.475 e. The number of piperidine rings is 1. The standard InChI is InChI=1S/C21H31N3O.C2HF3O2/c1-16-12-17(2)24(22-16)14-19-9-7-18(8-10-19)13-23-11-5-6-20(15-23)21(3,4)25;3-2(4,5)1(6)7/h7-10,12,20,25H,5-6,11,13-15H2,1-4H3;(H,6,7). The number of nitrogens with zero attached hydrogens (tertiary/aromatic N) is 3. The maximum Gasteiger partial charge on any atom is 0.490 e. The van der Waals surface area contributed by atoms with E-state index in [1.807, 2.05) is 20.8 Å². The summed E-state index contributed by atoms with van der Waals surface area (Å²) in [7, 11) is 0. The van der Waals surface area contributed by atoms with Crippen LogP contribution >= 0.6 is 0 Å². The molecule has 2 aromatic rings. The molecule has 1 aliphatic rings. The molecule has 1 fully saturated rings. The van der Waals surface area contributed by atoms with Gasteiger partial charge in [0.2, 0.25) is 0 Å². The number of aliphatic carboxylic acids is 1. The summed E-state index contributed by atoms with van der Waals surface area (Å²) in [6.07, 6.45) is -2.79. The van der Waals surface area contributed by atoms with E-state index >= 15 is 0 Å². The lowest BCUT2D eigenvalue weighted by molar-refractivity contribution is -0.192. The SMILES string of the molecule is Cc1cc(C)n(Cc2ccc(CN3CCCC(C(C)(C)O)C3)cc2)n1.O=C(O)C(F)(F)F. The van der Waals surface area contributed by atoms with E-state index in [2.05, 4.69) is 51.9 Å². The molecule has 32 heavy (non-hydrogen) atoms. The highest BCUT2D eigenvalue weighted by molar-refractivity contribution is 5.73. The summed E-state index contributed by atoms with van der Waals surface area (Å²) >= 11 is 0. The van der Waals surface area contributed by atoms with Crippen LogP contribution in [0.5, 0.6) is 0 Å². The number of carboxylic acid groups (broad SMARTS) is 1. The van der Waals surface area contributed by atoms with Crippen LogP contribution < -0.4 is 0 Å². The number of aryl methyl sites for hydroxylation is 2. The van der Waals surface area contributed by atoms with E-state index in [9.17, 15) is 18.3 Å². The summed E-state index contributed by atoms with van der Waals surface area (Å²) in [5.41, 5.74) is 4.31. The molecule has 0 spiro atoms. The predicted molar refractivity (Wildman–Crippen MR) is 115 cm³/mol. The highest BCUT2D eigenvalue weighted by Crippen LogP contribution is 2.27. The summed E-state index contributed by atoms with van der Waals surface area (Å²) in [4.78, 5) is 11.4. The zero-order chi connectivity index (χ0) is 24.1. The Morgan fingerprint density at radius 2 is 1.66 bits per heavy atom. The van der Waals surface area contributed by atoms with Crippen LogP contribution in [0.3, 0.4) is 0 Å². The van der Waals surface area contributed by atoms with Gasteiger partial charge in [-0.25, -0.2) is 4.79 Å². The van der Waals surface area contributed by atoms with Crippen molar-refractivity contribution in [2.75, 3.05) is 13.1 Å². The minimum atomic E-state index is -5.08. The van der Waals surface area contributed by atoms with Crippen molar-refractivity contribution < 1.29 is 28.2 Å². The van der Waals surface area contributed by atoms with Crippen LogP contribution in [0.4, 0.5) is 13.2 Å². The van der Waals surface area contributed by atoms with Gasteiger partial charge < -0.3 is 10.2 Å². The number of rotatable bonds is 5. The van der Waals surface area contributed by atoms with Gasteiger partial charge in [-0.15, -0.1) is 0 Å². The van der Waals surface area contributed by atoms with E-state index in [1.54, 1.807) is 0 Å². The number of alkyl halides is 3. The second-order valence-electron chi connectivity index (χ2n) is 8.93. The van der Waals surface area contributed by atoms with Gasteiger partial charge in [0.05, 0.1) is 17.8 Å². The van der Waals surface area contributed by atoms with Crippen LogP contribution in [-0.2, 0) is 17.9 Å². The van der Waals surface area contributed by atoms with Crippen molar-refractivity contribution in [2.45, 2.75) is 65.4 Å². The van der Waals surface area contributed by atoms with Gasteiger partial charge >= 0.3 is 12.1 Å². The molecule has 1 unspecified atom stereocenters. The fraction of sp³-hybridized carbons (Fsp3) is 0.565. The van der Waals surface area contributed by atoms with Crippen LogP contribution in [0.2, 0.25) is 0 Å². The normalized spacial score (nSPS) is 17.6. The van der Waals surface area contributed by atoms with Crippen LogP contribution in [0.15, 0.2) is 30.3 Å². The molecule has 0 radical (unpaired) electrons. The predicted octanol–water partition coefficient (Wildman–Crippen LogP) is 4.16. The second-order valence-corrected chi connectivity index (χ2v) is 8.93. The number of aliphatic hydroxyl groups is 1. The molecule has 1 saturated heterocycles. The van der Waals surface area contributed by atoms with Gasteiger partial charge in [0.15, 0.2) is 0 Å². The summed E-state index contributed by atoms with van der Waals surface area (Å²) in [5, 5.41) is 22.0. The average molecular weight is 456 g/mol. The van der Waals surface area contributed by atoms with Crippen molar-refractivity contribution >= 4 is 5.97 Å². The van der Waals surface area contributed by atoms with Gasteiger partial charge in [-0.1, -0.05) is 24.3 Å². The summed E-state index contributed by atoms with van der Waals surface area (Å²) in [6.45, 7) is 11.9. The number of benzene rings is 1. The molecule has 1 aromatic heterocycles. The highest BCUT2D eigenvalue weighted by Gasteiger charge is 2.38. The molecule has 0 amide bonds. The quantitative estimate of drug-likeness (QED) is 0.708. The van der Waals surface area contributed by atoms with Gasteiger partial charge in [0.25, 0.3) is 0 Å². The Morgan fingerprint density at radius 1 is 1.12 bits per heavy atom. The fourth-order valence-corrected chi connectivity index (χ4v) is 3.79. The van der Waals surface area contributed by atoms with Crippen LogP contribution in [0.1, 0.15) is 49.2 Å². The van der Waals surface area contributed by atoms with Crippen molar-refractivity contribution in [3.63, 3.8) is 0 Å². The molecule has 0 bridgehead atoms. The van der Waals surface area contributed by atoms with Gasteiger partial charge in [-0.05, 0) is 70.2 Å². The fourth-order valence-electron chi connectivity index (χ4n) is 3.79. The van der Waals surface area contributed by atoms with Gasteiger partial charge in [-0.2, -0.15) is 18.3 Å². The van der Waals surface area contributed by atoms with E-state index in [4.69, 9.17) is 9.90 Å². The lowest BCUT2D eigenvalue weighted by Crippen LogP contribution is -2.44. The van der Waals surface area contributed by atoms with Crippen LogP contribution in [0, 0.1) is 19.8 Å². The largest absolute Gasteiger partial charge is 0.490 e. The molecule has 1 aliphatic heterocycles. The topological polar surface area (TPSA) is 78.6 Å². The first-order valence-electron chi connectivity index (χ1n) is 10.6. The lowest BCUT2D eigenvalue weighted by atomic mass is 9.84. The second kappa shape index (κ2) is 10.5. The Morgan fingerprint density at radius 3 is 2.09 bits per heavy atom. The van der Waals surface area contributed by atoms with Gasteiger partial charge in [0.1, 0.15) is 0 Å².